The molecule has 2 amide bonds. The number of nitrogens with one attached hydrogen (secondary N) is 1. The molecule has 1 N–H and O–H groups in total. The highest BCUT2D eigenvalue weighted by molar-refractivity contribution is 6.01. The summed E-state index contributed by atoms with van der Waals surface area (Å²) in [7, 11) is 1.45. The van der Waals surface area contributed by atoms with Crippen LogP contribution in [-0.4, -0.2) is 38.2 Å². The highest BCUT2D eigenvalue weighted by Gasteiger charge is 2.31. The molecule has 0 aliphatic carbocycles. The maximum absolute atomic E-state index is 12.3. The van der Waals surface area contributed by atoms with Gasteiger partial charge in [-0.05, 0) is 32.0 Å². The molecule has 1 heterocycles. The van der Waals surface area contributed by atoms with Crippen molar-refractivity contribution in [3.8, 4) is 5.75 Å². The third-order valence-corrected chi connectivity index (χ3v) is 3.15. The van der Waals surface area contributed by atoms with Gasteiger partial charge in [0, 0.05) is 19.3 Å². The van der Waals surface area contributed by atoms with Gasteiger partial charge in [0.15, 0.2) is 6.10 Å². The molecule has 6 nitrogen and oxygen atoms in total. The largest absolute Gasteiger partial charge is 0.479 e. The zero-order chi connectivity index (χ0) is 16.3. The topological polar surface area (TPSA) is 67.9 Å². The SMILES string of the molecule is C=C(C)CN1C(=O)C(C)Oc2ccc(NC(=O)COC)cc21. The third-order valence-electron chi connectivity index (χ3n) is 3.15. The van der Waals surface area contributed by atoms with Gasteiger partial charge < -0.3 is 19.7 Å². The fourth-order valence-electron chi connectivity index (χ4n) is 2.25. The van der Waals surface area contributed by atoms with Gasteiger partial charge in [-0.2, -0.15) is 0 Å². The van der Waals surface area contributed by atoms with Crippen LogP contribution in [0.2, 0.25) is 0 Å². The van der Waals surface area contributed by atoms with Crippen molar-refractivity contribution < 1.29 is 19.1 Å². The van der Waals surface area contributed by atoms with Gasteiger partial charge >= 0.3 is 0 Å². The Labute approximate surface area is 129 Å². The van der Waals surface area contributed by atoms with Crippen molar-refractivity contribution in [2.45, 2.75) is 20.0 Å². The summed E-state index contributed by atoms with van der Waals surface area (Å²) in [4.78, 5) is 25.5. The van der Waals surface area contributed by atoms with Crippen molar-refractivity contribution in [2.75, 3.05) is 30.5 Å². The molecule has 0 radical (unpaired) electrons. The van der Waals surface area contributed by atoms with Crippen LogP contribution in [0.15, 0.2) is 30.4 Å². The molecule has 1 atom stereocenters. The quantitative estimate of drug-likeness (QED) is 0.844. The first-order valence-electron chi connectivity index (χ1n) is 6.97. The predicted molar refractivity (Wildman–Crippen MR) is 84.2 cm³/mol. The van der Waals surface area contributed by atoms with Crippen LogP contribution in [0.4, 0.5) is 11.4 Å². The van der Waals surface area contributed by atoms with Crippen LogP contribution in [-0.2, 0) is 14.3 Å². The van der Waals surface area contributed by atoms with Gasteiger partial charge in [0.25, 0.3) is 5.91 Å². The number of nitrogens with zero attached hydrogens (tertiary/aromatic N) is 1. The minimum absolute atomic E-state index is 0.0287. The second-order valence-corrected chi connectivity index (χ2v) is 5.31. The van der Waals surface area contributed by atoms with E-state index in [1.54, 1.807) is 30.0 Å². The molecular weight excluding hydrogens is 284 g/mol. The second kappa shape index (κ2) is 6.62. The Morgan fingerprint density at radius 1 is 1.50 bits per heavy atom. The molecule has 0 saturated carbocycles. The summed E-state index contributed by atoms with van der Waals surface area (Å²) in [6.45, 7) is 7.81. The predicted octanol–water partition coefficient (Wildman–Crippen LogP) is 1.96. The zero-order valence-corrected chi connectivity index (χ0v) is 13.0. The van der Waals surface area contributed by atoms with E-state index in [4.69, 9.17) is 9.47 Å². The Bertz CT molecular complexity index is 612. The highest BCUT2D eigenvalue weighted by atomic mass is 16.5. The molecule has 6 heteroatoms. The van der Waals surface area contributed by atoms with Crippen LogP contribution in [0.5, 0.6) is 5.75 Å². The molecule has 1 aromatic carbocycles. The molecule has 0 saturated heterocycles. The van der Waals surface area contributed by atoms with Crippen molar-refractivity contribution in [1.29, 1.82) is 0 Å². The van der Waals surface area contributed by atoms with E-state index in [0.717, 1.165) is 5.57 Å². The van der Waals surface area contributed by atoms with E-state index in [2.05, 4.69) is 11.9 Å². The van der Waals surface area contributed by atoms with Gasteiger partial charge in [0.2, 0.25) is 5.91 Å². The number of fused-ring (bicyclic) bond motifs is 1. The maximum Gasteiger partial charge on any atom is 0.268 e. The van der Waals surface area contributed by atoms with Gasteiger partial charge in [0.05, 0.1) is 5.69 Å². The molecule has 118 valence electrons. The molecule has 0 aromatic heterocycles. The van der Waals surface area contributed by atoms with Crippen LogP contribution in [0.3, 0.4) is 0 Å². The number of hydrogen-bond acceptors (Lipinski definition) is 4. The molecular formula is C16H20N2O4. The normalized spacial score (nSPS) is 16.8. The molecule has 0 fully saturated rings. The molecule has 2 rings (SSSR count). The third kappa shape index (κ3) is 3.46. The van der Waals surface area contributed by atoms with Gasteiger partial charge in [-0.1, -0.05) is 12.2 Å². The molecule has 22 heavy (non-hydrogen) atoms. The Balaban J connectivity index is 2.32. The minimum Gasteiger partial charge on any atom is -0.479 e. The first-order valence-corrected chi connectivity index (χ1v) is 6.97. The standard InChI is InChI=1S/C16H20N2O4/c1-10(2)8-18-13-7-12(17-15(19)9-21-4)5-6-14(13)22-11(3)16(18)20/h5-7,11H,1,8-9H2,2-4H3,(H,17,19). The summed E-state index contributed by atoms with van der Waals surface area (Å²) in [5.74, 6) is 0.222. The number of amides is 2. The van der Waals surface area contributed by atoms with Crippen LogP contribution in [0, 0.1) is 0 Å². The summed E-state index contributed by atoms with van der Waals surface area (Å²) in [5, 5.41) is 2.71. The maximum atomic E-state index is 12.3. The molecule has 1 aliphatic rings. The average Bonchev–Trinajstić information content (AvgIpc) is 2.44. The van der Waals surface area contributed by atoms with E-state index in [1.807, 2.05) is 6.92 Å². The molecule has 1 aliphatic heterocycles. The van der Waals surface area contributed by atoms with E-state index < -0.39 is 6.10 Å². The number of methoxy groups -OCH3 is 1. The minimum atomic E-state index is -0.541. The first-order chi connectivity index (χ1) is 10.4. The van der Waals surface area contributed by atoms with E-state index in [1.165, 1.54) is 7.11 Å². The van der Waals surface area contributed by atoms with Gasteiger partial charge in [-0.15, -0.1) is 0 Å². The lowest BCUT2D eigenvalue weighted by molar-refractivity contribution is -0.125. The lowest BCUT2D eigenvalue weighted by Gasteiger charge is -2.33. The number of anilines is 2. The smallest absolute Gasteiger partial charge is 0.268 e. The zero-order valence-electron chi connectivity index (χ0n) is 13.0. The first kappa shape index (κ1) is 16.0. The average molecular weight is 304 g/mol. The monoisotopic (exact) mass is 304 g/mol. The summed E-state index contributed by atoms with van der Waals surface area (Å²) >= 11 is 0. The molecule has 0 bridgehead atoms. The van der Waals surface area contributed by atoms with Crippen LogP contribution in [0.25, 0.3) is 0 Å². The van der Waals surface area contributed by atoms with Gasteiger partial charge in [0.1, 0.15) is 12.4 Å². The second-order valence-electron chi connectivity index (χ2n) is 5.31. The van der Waals surface area contributed by atoms with E-state index >= 15 is 0 Å². The lowest BCUT2D eigenvalue weighted by atomic mass is 10.1. The highest BCUT2D eigenvalue weighted by Crippen LogP contribution is 2.36. The van der Waals surface area contributed by atoms with E-state index in [0.29, 0.717) is 23.7 Å². The summed E-state index contributed by atoms with van der Waals surface area (Å²) < 4.78 is 10.4. The van der Waals surface area contributed by atoms with Crippen LogP contribution in [0.1, 0.15) is 13.8 Å². The molecule has 1 unspecified atom stereocenters. The van der Waals surface area contributed by atoms with Crippen molar-refractivity contribution in [3.63, 3.8) is 0 Å². The molecule has 0 spiro atoms. The number of carbonyl (C=O) groups excluding carboxylic acids is 2. The summed E-state index contributed by atoms with van der Waals surface area (Å²) in [5.41, 5.74) is 2.07. The Morgan fingerprint density at radius 3 is 2.86 bits per heavy atom. The van der Waals surface area contributed by atoms with Crippen LogP contribution >= 0.6 is 0 Å². The fraction of sp³-hybridized carbons (Fsp3) is 0.375. The van der Waals surface area contributed by atoms with E-state index in [-0.39, 0.29) is 18.4 Å². The number of benzene rings is 1. The summed E-state index contributed by atoms with van der Waals surface area (Å²) in [6, 6.07) is 5.19. The Morgan fingerprint density at radius 2 is 2.23 bits per heavy atom. The number of hydrogen-bond donors (Lipinski definition) is 1. The van der Waals surface area contributed by atoms with Gasteiger partial charge in [-0.25, -0.2) is 0 Å². The summed E-state index contributed by atoms with van der Waals surface area (Å²) in [6.07, 6.45) is -0.541. The van der Waals surface area contributed by atoms with Crippen molar-refractivity contribution in [2.24, 2.45) is 0 Å². The lowest BCUT2D eigenvalue weighted by Crippen LogP contribution is -2.45. The Hall–Kier alpha value is -2.34. The fourth-order valence-corrected chi connectivity index (χ4v) is 2.25. The van der Waals surface area contributed by atoms with Gasteiger partial charge in [-0.3, -0.25) is 9.59 Å². The van der Waals surface area contributed by atoms with Crippen molar-refractivity contribution in [1.82, 2.24) is 0 Å². The van der Waals surface area contributed by atoms with Crippen LogP contribution < -0.4 is 15.0 Å². The van der Waals surface area contributed by atoms with Crippen molar-refractivity contribution >= 4 is 23.2 Å². The Kier molecular flexibility index (Phi) is 4.82. The van der Waals surface area contributed by atoms with E-state index in [9.17, 15) is 9.59 Å². The number of carbonyl (C=O) groups is 2. The molecule has 1 aromatic rings. The number of rotatable bonds is 5. The number of ether oxygens (including phenoxy) is 2. The van der Waals surface area contributed by atoms with Crippen molar-refractivity contribution in [3.05, 3.63) is 30.4 Å².